The fraction of sp³-hybridized carbons (Fsp3) is 0.583. The Morgan fingerprint density at radius 1 is 1.44 bits per heavy atom. The molecule has 0 aromatic carbocycles. The fourth-order valence-electron chi connectivity index (χ4n) is 1.56. The van der Waals surface area contributed by atoms with Crippen LogP contribution in [0, 0.1) is 0 Å². The van der Waals surface area contributed by atoms with Crippen molar-refractivity contribution in [2.75, 3.05) is 19.4 Å². The van der Waals surface area contributed by atoms with Gasteiger partial charge in [-0.05, 0) is 43.8 Å². The molecule has 2 N–H and O–H groups in total. The van der Waals surface area contributed by atoms with Gasteiger partial charge in [-0.15, -0.1) is 0 Å². The quantitative estimate of drug-likeness (QED) is 0.754. The second-order valence-corrected chi connectivity index (χ2v) is 4.88. The molecule has 0 saturated carbocycles. The molecule has 0 radical (unpaired) electrons. The van der Waals surface area contributed by atoms with Crippen LogP contribution in [0.15, 0.2) is 24.5 Å². The van der Waals surface area contributed by atoms with E-state index in [4.69, 9.17) is 5.11 Å². The summed E-state index contributed by atoms with van der Waals surface area (Å²) >= 11 is 1.70. The summed E-state index contributed by atoms with van der Waals surface area (Å²) in [6.45, 7) is 3.27. The van der Waals surface area contributed by atoms with Gasteiger partial charge in [-0.25, -0.2) is 0 Å². The van der Waals surface area contributed by atoms with Crippen molar-refractivity contribution in [1.29, 1.82) is 0 Å². The molecule has 1 heterocycles. The highest BCUT2D eigenvalue weighted by Gasteiger charge is 2.13. The van der Waals surface area contributed by atoms with Crippen molar-refractivity contribution in [2.45, 2.75) is 24.6 Å². The number of pyridine rings is 1. The monoisotopic (exact) mass is 240 g/mol. The average Bonchev–Trinajstić information content (AvgIpc) is 2.32. The standard InChI is InChI=1S/C12H20N2OS/c1-10(12(9-15)16-2)14-8-5-11-3-6-13-7-4-11/h3-4,6-7,10,12,14-15H,5,8-9H2,1-2H3. The van der Waals surface area contributed by atoms with Gasteiger partial charge in [0, 0.05) is 23.7 Å². The van der Waals surface area contributed by atoms with Crippen molar-refractivity contribution >= 4 is 11.8 Å². The second-order valence-electron chi connectivity index (χ2n) is 3.80. The van der Waals surface area contributed by atoms with Crippen molar-refractivity contribution in [1.82, 2.24) is 10.3 Å². The normalized spacial score (nSPS) is 14.7. The summed E-state index contributed by atoms with van der Waals surface area (Å²) in [4.78, 5) is 3.99. The number of rotatable bonds is 7. The lowest BCUT2D eigenvalue weighted by Gasteiger charge is -2.21. The maximum atomic E-state index is 9.14. The number of nitrogens with zero attached hydrogens (tertiary/aromatic N) is 1. The number of aliphatic hydroxyl groups is 1. The first kappa shape index (κ1) is 13.5. The molecule has 0 aliphatic carbocycles. The predicted octanol–water partition coefficient (Wildman–Crippen LogP) is 1.33. The Morgan fingerprint density at radius 3 is 2.69 bits per heavy atom. The van der Waals surface area contributed by atoms with Crippen LogP contribution in [0.3, 0.4) is 0 Å². The molecule has 0 fully saturated rings. The van der Waals surface area contributed by atoms with Crippen molar-refractivity contribution < 1.29 is 5.11 Å². The van der Waals surface area contributed by atoms with Gasteiger partial charge in [-0.3, -0.25) is 4.98 Å². The summed E-state index contributed by atoms with van der Waals surface area (Å²) in [5, 5.41) is 12.9. The number of thioether (sulfide) groups is 1. The van der Waals surface area contributed by atoms with E-state index in [-0.39, 0.29) is 11.9 Å². The second kappa shape index (κ2) is 7.65. The van der Waals surface area contributed by atoms with E-state index in [1.165, 1.54) is 5.56 Å². The molecule has 0 aliphatic rings. The molecule has 4 heteroatoms. The molecule has 0 bridgehead atoms. The Balaban J connectivity index is 2.25. The summed E-state index contributed by atoms with van der Waals surface area (Å²) in [6.07, 6.45) is 6.66. The number of aromatic nitrogens is 1. The van der Waals surface area contributed by atoms with Gasteiger partial charge in [0.15, 0.2) is 0 Å². The zero-order valence-electron chi connectivity index (χ0n) is 9.89. The molecule has 0 aliphatic heterocycles. The zero-order valence-corrected chi connectivity index (χ0v) is 10.7. The molecule has 1 aromatic heterocycles. The molecule has 1 aromatic rings. The lowest BCUT2D eigenvalue weighted by molar-refractivity contribution is 0.276. The summed E-state index contributed by atoms with van der Waals surface area (Å²) < 4.78 is 0. The van der Waals surface area contributed by atoms with Gasteiger partial charge in [0.2, 0.25) is 0 Å². The minimum absolute atomic E-state index is 0.227. The first-order valence-corrected chi connectivity index (χ1v) is 6.82. The van der Waals surface area contributed by atoms with Gasteiger partial charge >= 0.3 is 0 Å². The van der Waals surface area contributed by atoms with E-state index in [1.807, 2.05) is 30.8 Å². The van der Waals surface area contributed by atoms with Crippen molar-refractivity contribution in [2.24, 2.45) is 0 Å². The van der Waals surface area contributed by atoms with Gasteiger partial charge in [0.25, 0.3) is 0 Å². The molecule has 90 valence electrons. The fourth-order valence-corrected chi connectivity index (χ4v) is 2.22. The third-order valence-corrected chi connectivity index (χ3v) is 3.83. The smallest absolute Gasteiger partial charge is 0.0564 e. The van der Waals surface area contributed by atoms with Crippen molar-refractivity contribution in [3.63, 3.8) is 0 Å². The molecule has 2 atom stereocenters. The molecule has 16 heavy (non-hydrogen) atoms. The van der Waals surface area contributed by atoms with Crippen LogP contribution in [0.25, 0.3) is 0 Å². The summed E-state index contributed by atoms with van der Waals surface area (Å²) in [5.74, 6) is 0. The topological polar surface area (TPSA) is 45.1 Å². The van der Waals surface area contributed by atoms with Gasteiger partial charge < -0.3 is 10.4 Å². The minimum atomic E-state index is 0.227. The number of nitrogens with one attached hydrogen (secondary N) is 1. The highest BCUT2D eigenvalue weighted by atomic mass is 32.2. The van der Waals surface area contributed by atoms with Crippen LogP contribution in [0.5, 0.6) is 0 Å². The van der Waals surface area contributed by atoms with Gasteiger partial charge in [0.05, 0.1) is 6.61 Å². The summed E-state index contributed by atoms with van der Waals surface area (Å²) in [5.41, 5.74) is 1.29. The van der Waals surface area contributed by atoms with Crippen LogP contribution >= 0.6 is 11.8 Å². The van der Waals surface area contributed by atoms with E-state index in [9.17, 15) is 0 Å². The van der Waals surface area contributed by atoms with Gasteiger partial charge in [-0.1, -0.05) is 0 Å². The van der Waals surface area contributed by atoms with Gasteiger partial charge in [-0.2, -0.15) is 11.8 Å². The lowest BCUT2D eigenvalue weighted by Crippen LogP contribution is -2.38. The molecular weight excluding hydrogens is 220 g/mol. The zero-order chi connectivity index (χ0) is 11.8. The Kier molecular flexibility index (Phi) is 6.45. The first-order valence-electron chi connectivity index (χ1n) is 5.54. The van der Waals surface area contributed by atoms with E-state index in [0.29, 0.717) is 6.04 Å². The van der Waals surface area contributed by atoms with Crippen LogP contribution in [-0.4, -0.2) is 40.8 Å². The highest BCUT2D eigenvalue weighted by Crippen LogP contribution is 2.10. The molecule has 2 unspecified atom stereocenters. The third-order valence-electron chi connectivity index (χ3n) is 2.67. The first-order chi connectivity index (χ1) is 7.77. The SMILES string of the molecule is CSC(CO)C(C)NCCc1ccncc1. The largest absolute Gasteiger partial charge is 0.395 e. The Labute approximate surface area is 102 Å². The summed E-state index contributed by atoms with van der Waals surface area (Å²) in [7, 11) is 0. The molecule has 3 nitrogen and oxygen atoms in total. The maximum Gasteiger partial charge on any atom is 0.0564 e. The average molecular weight is 240 g/mol. The Bertz CT molecular complexity index is 278. The van der Waals surface area contributed by atoms with E-state index in [2.05, 4.69) is 17.2 Å². The minimum Gasteiger partial charge on any atom is -0.395 e. The molecule has 0 amide bonds. The van der Waals surface area contributed by atoms with Crippen LogP contribution in [0.4, 0.5) is 0 Å². The molecule has 1 rings (SSSR count). The molecular formula is C12H20N2OS. The third kappa shape index (κ3) is 4.51. The number of aliphatic hydroxyl groups excluding tert-OH is 1. The molecule has 0 saturated heterocycles. The lowest BCUT2D eigenvalue weighted by atomic mass is 10.2. The van der Waals surface area contributed by atoms with E-state index in [0.717, 1.165) is 13.0 Å². The van der Waals surface area contributed by atoms with E-state index < -0.39 is 0 Å². The Morgan fingerprint density at radius 2 is 2.12 bits per heavy atom. The van der Waals surface area contributed by atoms with E-state index >= 15 is 0 Å². The number of hydrogen-bond donors (Lipinski definition) is 2. The predicted molar refractivity (Wildman–Crippen MR) is 69.8 cm³/mol. The van der Waals surface area contributed by atoms with Gasteiger partial charge in [0.1, 0.15) is 0 Å². The van der Waals surface area contributed by atoms with E-state index in [1.54, 1.807) is 11.8 Å². The molecule has 0 spiro atoms. The van der Waals surface area contributed by atoms with Crippen LogP contribution in [0.1, 0.15) is 12.5 Å². The van der Waals surface area contributed by atoms with Crippen molar-refractivity contribution in [3.8, 4) is 0 Å². The maximum absolute atomic E-state index is 9.14. The Hall–Kier alpha value is -0.580. The highest BCUT2D eigenvalue weighted by molar-refractivity contribution is 7.99. The summed E-state index contributed by atoms with van der Waals surface area (Å²) in [6, 6.07) is 4.40. The number of hydrogen-bond acceptors (Lipinski definition) is 4. The van der Waals surface area contributed by atoms with Crippen LogP contribution < -0.4 is 5.32 Å². The van der Waals surface area contributed by atoms with Crippen LogP contribution in [-0.2, 0) is 6.42 Å². The van der Waals surface area contributed by atoms with Crippen LogP contribution in [0.2, 0.25) is 0 Å². The van der Waals surface area contributed by atoms with Crippen molar-refractivity contribution in [3.05, 3.63) is 30.1 Å².